The molecule has 0 saturated carbocycles. The third-order valence-corrected chi connectivity index (χ3v) is 7.04. The molecule has 1 aliphatic rings. The van der Waals surface area contributed by atoms with Crippen molar-refractivity contribution < 1.29 is 4.74 Å². The zero-order chi connectivity index (χ0) is 27.5. The number of nitrogens with one attached hydrogen (secondary N) is 2. The van der Waals surface area contributed by atoms with Gasteiger partial charge < -0.3 is 15.4 Å². The monoisotopic (exact) mass is 529 g/mol. The minimum atomic E-state index is 0.478. The van der Waals surface area contributed by atoms with Crippen molar-refractivity contribution in [2.24, 2.45) is 0 Å². The van der Waals surface area contributed by atoms with Crippen molar-refractivity contribution >= 4 is 17.5 Å². The summed E-state index contributed by atoms with van der Waals surface area (Å²) in [5.41, 5.74) is 9.64. The molecule has 2 aromatic carbocycles. The fourth-order valence-electron chi connectivity index (χ4n) is 5.24. The van der Waals surface area contributed by atoms with Crippen molar-refractivity contribution in [2.45, 2.75) is 39.5 Å². The first-order valence-electron chi connectivity index (χ1n) is 13.6. The SMILES string of the molecule is CNc1nccc(-c2cccnc2Oc2ccc(Nc3nnc(-c4cc(C)cc(C)c4)c4c3CCCC4)cc2)n1. The van der Waals surface area contributed by atoms with Gasteiger partial charge in [0.2, 0.25) is 11.8 Å². The highest BCUT2D eigenvalue weighted by Crippen LogP contribution is 2.35. The van der Waals surface area contributed by atoms with Crippen LogP contribution in [0.25, 0.3) is 22.5 Å². The predicted octanol–water partition coefficient (Wildman–Crippen LogP) is 7.07. The third kappa shape index (κ3) is 5.33. The second-order valence-corrected chi connectivity index (χ2v) is 10.1. The van der Waals surface area contributed by atoms with Crippen LogP contribution in [0.4, 0.5) is 17.5 Å². The average Bonchev–Trinajstić information content (AvgIpc) is 2.98. The fourth-order valence-corrected chi connectivity index (χ4v) is 5.24. The van der Waals surface area contributed by atoms with Gasteiger partial charge in [-0.3, -0.25) is 0 Å². The largest absolute Gasteiger partial charge is 0.438 e. The molecule has 0 unspecified atom stereocenters. The smallest absolute Gasteiger partial charge is 0.228 e. The van der Waals surface area contributed by atoms with Gasteiger partial charge in [0.15, 0.2) is 5.82 Å². The van der Waals surface area contributed by atoms with Crippen LogP contribution in [0.3, 0.4) is 0 Å². The number of hydrogen-bond acceptors (Lipinski definition) is 8. The first-order chi connectivity index (χ1) is 19.6. The van der Waals surface area contributed by atoms with Crippen LogP contribution in [0.15, 0.2) is 73.1 Å². The molecule has 0 bridgehead atoms. The topological polar surface area (TPSA) is 97.7 Å². The van der Waals surface area contributed by atoms with E-state index in [-0.39, 0.29) is 0 Å². The molecule has 8 heteroatoms. The molecule has 3 aromatic heterocycles. The van der Waals surface area contributed by atoms with Gasteiger partial charge in [-0.05, 0) is 99.7 Å². The summed E-state index contributed by atoms with van der Waals surface area (Å²) in [6, 6.07) is 20.0. The van der Waals surface area contributed by atoms with Gasteiger partial charge in [-0.2, -0.15) is 0 Å². The third-order valence-electron chi connectivity index (χ3n) is 7.04. The lowest BCUT2D eigenvalue weighted by Crippen LogP contribution is -2.12. The van der Waals surface area contributed by atoms with E-state index in [1.165, 1.54) is 28.7 Å². The van der Waals surface area contributed by atoms with Crippen LogP contribution in [-0.2, 0) is 12.8 Å². The van der Waals surface area contributed by atoms with E-state index in [9.17, 15) is 0 Å². The van der Waals surface area contributed by atoms with Crippen LogP contribution in [0.2, 0.25) is 0 Å². The van der Waals surface area contributed by atoms with Crippen LogP contribution in [0, 0.1) is 13.8 Å². The Morgan fingerprint density at radius 2 is 1.57 bits per heavy atom. The molecule has 0 amide bonds. The van der Waals surface area contributed by atoms with E-state index in [0.717, 1.165) is 53.3 Å². The van der Waals surface area contributed by atoms with Gasteiger partial charge in [0.05, 0.1) is 17.0 Å². The Morgan fingerprint density at radius 3 is 2.35 bits per heavy atom. The van der Waals surface area contributed by atoms with Crippen molar-refractivity contribution in [3.63, 3.8) is 0 Å². The number of hydrogen-bond donors (Lipinski definition) is 2. The van der Waals surface area contributed by atoms with Crippen molar-refractivity contribution in [1.29, 1.82) is 0 Å². The quantitative estimate of drug-likeness (QED) is 0.231. The molecule has 0 spiro atoms. The summed E-state index contributed by atoms with van der Waals surface area (Å²) in [5.74, 6) is 2.51. The maximum absolute atomic E-state index is 6.17. The van der Waals surface area contributed by atoms with E-state index in [4.69, 9.17) is 9.84 Å². The predicted molar refractivity (Wildman–Crippen MR) is 158 cm³/mol. The minimum absolute atomic E-state index is 0.478. The Bertz CT molecular complexity index is 1650. The fraction of sp³-hybridized carbons (Fsp3) is 0.219. The molecular weight excluding hydrogens is 498 g/mol. The second-order valence-electron chi connectivity index (χ2n) is 10.1. The van der Waals surface area contributed by atoms with E-state index in [1.807, 2.05) is 42.5 Å². The van der Waals surface area contributed by atoms with Crippen molar-refractivity contribution in [1.82, 2.24) is 25.1 Å². The van der Waals surface area contributed by atoms with Crippen molar-refractivity contribution in [3.05, 3.63) is 95.3 Å². The van der Waals surface area contributed by atoms with Crippen LogP contribution < -0.4 is 15.4 Å². The lowest BCUT2D eigenvalue weighted by molar-refractivity contribution is 0.465. The summed E-state index contributed by atoms with van der Waals surface area (Å²) in [4.78, 5) is 13.2. The summed E-state index contributed by atoms with van der Waals surface area (Å²) in [7, 11) is 1.79. The Hall–Kier alpha value is -4.85. The summed E-state index contributed by atoms with van der Waals surface area (Å²) in [5, 5.41) is 15.8. The van der Waals surface area contributed by atoms with Gasteiger partial charge in [-0.1, -0.05) is 17.2 Å². The number of rotatable bonds is 7. The molecular formula is C32H31N7O. The Kier molecular flexibility index (Phi) is 7.06. The van der Waals surface area contributed by atoms with Crippen LogP contribution >= 0.6 is 0 Å². The summed E-state index contributed by atoms with van der Waals surface area (Å²) in [6.07, 6.45) is 7.75. The van der Waals surface area contributed by atoms with Gasteiger partial charge in [0, 0.05) is 36.3 Å². The highest BCUT2D eigenvalue weighted by atomic mass is 16.5. The summed E-state index contributed by atoms with van der Waals surface area (Å²) < 4.78 is 6.17. The summed E-state index contributed by atoms with van der Waals surface area (Å²) >= 11 is 0. The molecule has 0 atom stereocenters. The van der Waals surface area contributed by atoms with Gasteiger partial charge in [0.25, 0.3) is 0 Å². The lowest BCUT2D eigenvalue weighted by atomic mass is 9.88. The van der Waals surface area contributed by atoms with Gasteiger partial charge in [0.1, 0.15) is 5.75 Å². The van der Waals surface area contributed by atoms with E-state index >= 15 is 0 Å². The molecule has 6 rings (SSSR count). The number of benzene rings is 2. The Labute approximate surface area is 233 Å². The Balaban J connectivity index is 1.24. The molecule has 0 saturated heterocycles. The molecule has 5 aromatic rings. The molecule has 200 valence electrons. The number of anilines is 3. The maximum Gasteiger partial charge on any atom is 0.228 e. The molecule has 0 fully saturated rings. The molecule has 3 heterocycles. The number of fused-ring (bicyclic) bond motifs is 1. The van der Waals surface area contributed by atoms with E-state index in [0.29, 0.717) is 17.6 Å². The number of pyridine rings is 1. The highest BCUT2D eigenvalue weighted by molar-refractivity contribution is 5.71. The van der Waals surface area contributed by atoms with E-state index in [1.54, 1.807) is 19.4 Å². The standard InChI is InChI=1S/C32H31N7O/c1-20-17-21(2)19-22(18-20)29-25-7-4-5-8-26(25)30(39-38-29)36-23-10-12-24(13-11-23)40-31-27(9-6-15-34-31)28-14-16-35-32(33-3)37-28/h6,9-19H,4-5,7-8H2,1-3H3,(H,36,39)(H,33,35,37). The van der Waals surface area contributed by atoms with E-state index in [2.05, 4.69) is 62.7 Å². The summed E-state index contributed by atoms with van der Waals surface area (Å²) in [6.45, 7) is 4.26. The van der Waals surface area contributed by atoms with Crippen molar-refractivity contribution in [3.8, 4) is 34.1 Å². The molecule has 0 radical (unpaired) electrons. The lowest BCUT2D eigenvalue weighted by Gasteiger charge is -2.22. The van der Waals surface area contributed by atoms with Gasteiger partial charge in [-0.15, -0.1) is 10.2 Å². The molecule has 8 nitrogen and oxygen atoms in total. The Morgan fingerprint density at radius 1 is 0.800 bits per heavy atom. The van der Waals surface area contributed by atoms with Crippen LogP contribution in [0.5, 0.6) is 11.6 Å². The maximum atomic E-state index is 6.17. The van der Waals surface area contributed by atoms with Gasteiger partial charge in [-0.25, -0.2) is 15.0 Å². The number of ether oxygens (including phenoxy) is 1. The van der Waals surface area contributed by atoms with Crippen LogP contribution in [0.1, 0.15) is 35.1 Å². The molecule has 0 aliphatic heterocycles. The molecule has 1 aliphatic carbocycles. The minimum Gasteiger partial charge on any atom is -0.438 e. The first-order valence-corrected chi connectivity index (χ1v) is 13.6. The normalized spacial score (nSPS) is 12.5. The molecule has 40 heavy (non-hydrogen) atoms. The molecule has 2 N–H and O–H groups in total. The number of nitrogens with zero attached hydrogens (tertiary/aromatic N) is 5. The number of aromatic nitrogens is 5. The first kappa shape index (κ1) is 25.4. The second kappa shape index (κ2) is 11.1. The highest BCUT2D eigenvalue weighted by Gasteiger charge is 2.21. The van der Waals surface area contributed by atoms with E-state index < -0.39 is 0 Å². The van der Waals surface area contributed by atoms with Gasteiger partial charge >= 0.3 is 0 Å². The zero-order valence-corrected chi connectivity index (χ0v) is 22.9. The average molecular weight is 530 g/mol. The van der Waals surface area contributed by atoms with Crippen molar-refractivity contribution in [2.75, 3.05) is 17.7 Å². The number of aryl methyl sites for hydroxylation is 2. The van der Waals surface area contributed by atoms with Crippen LogP contribution in [-0.4, -0.2) is 32.2 Å². The zero-order valence-electron chi connectivity index (χ0n) is 22.9.